The average molecular weight is 497 g/mol. The van der Waals surface area contributed by atoms with Crippen LogP contribution in [0, 0.1) is 0 Å². The van der Waals surface area contributed by atoms with Gasteiger partial charge in [0.15, 0.2) is 23.0 Å². The maximum atomic E-state index is 13.5. The van der Waals surface area contributed by atoms with Gasteiger partial charge < -0.3 is 29.2 Å². The lowest BCUT2D eigenvalue weighted by Gasteiger charge is -2.38. The first-order valence-electron chi connectivity index (χ1n) is 11.3. The first-order valence-corrected chi connectivity index (χ1v) is 11.6. The molecule has 0 bridgehead atoms. The van der Waals surface area contributed by atoms with Crippen LogP contribution < -0.4 is 24.3 Å². The maximum Gasteiger partial charge on any atom is 0.322 e. The van der Waals surface area contributed by atoms with E-state index in [-0.39, 0.29) is 12.1 Å². The van der Waals surface area contributed by atoms with Crippen LogP contribution in [0.5, 0.6) is 23.0 Å². The van der Waals surface area contributed by atoms with E-state index in [0.717, 1.165) is 16.7 Å². The second-order valence-corrected chi connectivity index (χ2v) is 8.58. The third-order valence-electron chi connectivity index (χ3n) is 6.26. The number of anilines is 1. The molecule has 1 heterocycles. The monoisotopic (exact) mass is 496 g/mol. The number of amides is 2. The van der Waals surface area contributed by atoms with Gasteiger partial charge in [0.05, 0.1) is 45.2 Å². The highest BCUT2D eigenvalue weighted by molar-refractivity contribution is 6.33. The van der Waals surface area contributed by atoms with Crippen LogP contribution in [0.25, 0.3) is 0 Å². The summed E-state index contributed by atoms with van der Waals surface area (Å²) in [4.78, 5) is 15.3. The number of rotatable bonds is 7. The number of methoxy groups -OCH3 is 4. The van der Waals surface area contributed by atoms with Crippen molar-refractivity contribution in [3.8, 4) is 23.0 Å². The summed E-state index contributed by atoms with van der Waals surface area (Å²) in [6, 6.07) is 16.5. The van der Waals surface area contributed by atoms with Crippen molar-refractivity contribution in [3.63, 3.8) is 0 Å². The molecule has 1 N–H and O–H groups in total. The molecule has 0 saturated heterocycles. The van der Waals surface area contributed by atoms with Gasteiger partial charge in [-0.25, -0.2) is 4.79 Å². The van der Waals surface area contributed by atoms with Crippen LogP contribution >= 0.6 is 11.6 Å². The van der Waals surface area contributed by atoms with Crippen molar-refractivity contribution in [1.29, 1.82) is 0 Å². The molecule has 0 radical (unpaired) electrons. The third kappa shape index (κ3) is 5.10. The Labute approximate surface area is 210 Å². The largest absolute Gasteiger partial charge is 0.493 e. The first-order chi connectivity index (χ1) is 17.0. The zero-order valence-electron chi connectivity index (χ0n) is 20.3. The number of fused-ring (bicyclic) bond motifs is 1. The van der Waals surface area contributed by atoms with Gasteiger partial charge in [0.25, 0.3) is 0 Å². The number of hydrogen-bond donors (Lipinski definition) is 1. The minimum Gasteiger partial charge on any atom is -0.493 e. The topological polar surface area (TPSA) is 69.3 Å². The average Bonchev–Trinajstić information content (AvgIpc) is 2.89. The summed E-state index contributed by atoms with van der Waals surface area (Å²) in [7, 11) is 6.45. The Kier molecular flexibility index (Phi) is 7.56. The van der Waals surface area contributed by atoms with E-state index in [4.69, 9.17) is 30.5 Å². The van der Waals surface area contributed by atoms with Gasteiger partial charge in [-0.05, 0) is 65.9 Å². The molecule has 7 nitrogen and oxygen atoms in total. The number of nitrogens with one attached hydrogen (secondary N) is 1. The Bertz CT molecular complexity index is 1220. The van der Waals surface area contributed by atoms with Crippen molar-refractivity contribution in [1.82, 2.24) is 4.90 Å². The van der Waals surface area contributed by atoms with Gasteiger partial charge in [-0.15, -0.1) is 0 Å². The van der Waals surface area contributed by atoms with Crippen molar-refractivity contribution in [2.45, 2.75) is 18.9 Å². The predicted molar refractivity (Wildman–Crippen MR) is 136 cm³/mol. The SMILES string of the molecule is COc1ccc(C[C@@H]2c3cc(OC)c(OC)cc3CCN2C(=O)Nc2ccccc2Cl)cc1OC. The molecule has 0 saturated carbocycles. The number of para-hydroxylation sites is 1. The second-order valence-electron chi connectivity index (χ2n) is 8.17. The van der Waals surface area contributed by atoms with Crippen molar-refractivity contribution in [2.24, 2.45) is 0 Å². The lowest BCUT2D eigenvalue weighted by atomic mass is 9.88. The molecule has 0 aromatic heterocycles. The summed E-state index contributed by atoms with van der Waals surface area (Å²) < 4.78 is 22.0. The minimum absolute atomic E-state index is 0.219. The summed E-state index contributed by atoms with van der Waals surface area (Å²) in [6.45, 7) is 0.538. The number of halogens is 1. The van der Waals surface area contributed by atoms with Gasteiger partial charge in [0.2, 0.25) is 0 Å². The quantitative estimate of drug-likeness (QED) is 0.451. The van der Waals surface area contributed by atoms with Gasteiger partial charge in [0.1, 0.15) is 0 Å². The van der Waals surface area contributed by atoms with Crippen molar-refractivity contribution in [2.75, 3.05) is 40.3 Å². The summed E-state index contributed by atoms with van der Waals surface area (Å²) in [5, 5.41) is 3.46. The van der Waals surface area contributed by atoms with E-state index in [1.807, 2.05) is 47.4 Å². The fourth-order valence-electron chi connectivity index (χ4n) is 4.47. The lowest BCUT2D eigenvalue weighted by molar-refractivity contribution is 0.181. The summed E-state index contributed by atoms with van der Waals surface area (Å²) in [5.74, 6) is 2.59. The molecule has 35 heavy (non-hydrogen) atoms. The van der Waals surface area contributed by atoms with Crippen LogP contribution in [0.3, 0.4) is 0 Å². The van der Waals surface area contributed by atoms with E-state index < -0.39 is 0 Å². The molecule has 184 valence electrons. The van der Waals surface area contributed by atoms with E-state index in [2.05, 4.69) is 5.32 Å². The fourth-order valence-corrected chi connectivity index (χ4v) is 4.65. The van der Waals surface area contributed by atoms with E-state index in [1.165, 1.54) is 0 Å². The Morgan fingerprint density at radius 1 is 0.914 bits per heavy atom. The van der Waals surface area contributed by atoms with Gasteiger partial charge in [-0.2, -0.15) is 0 Å². The van der Waals surface area contributed by atoms with Crippen LogP contribution in [-0.4, -0.2) is 45.9 Å². The van der Waals surface area contributed by atoms with Crippen LogP contribution in [0.1, 0.15) is 22.7 Å². The molecule has 8 heteroatoms. The molecule has 0 unspecified atom stereocenters. The molecule has 2 amide bonds. The lowest BCUT2D eigenvalue weighted by Crippen LogP contribution is -2.43. The minimum atomic E-state index is -0.251. The highest BCUT2D eigenvalue weighted by atomic mass is 35.5. The summed E-state index contributed by atoms with van der Waals surface area (Å²) >= 11 is 6.30. The van der Waals surface area contributed by atoms with E-state index >= 15 is 0 Å². The number of hydrogen-bond acceptors (Lipinski definition) is 5. The first kappa shape index (κ1) is 24.5. The third-order valence-corrected chi connectivity index (χ3v) is 6.59. The molecule has 1 aliphatic rings. The number of nitrogens with zero attached hydrogens (tertiary/aromatic N) is 1. The fraction of sp³-hybridized carbons (Fsp3) is 0.296. The van der Waals surface area contributed by atoms with Crippen LogP contribution in [-0.2, 0) is 12.8 Å². The summed E-state index contributed by atoms with van der Waals surface area (Å²) in [5.41, 5.74) is 3.71. The summed E-state index contributed by atoms with van der Waals surface area (Å²) in [6.07, 6.45) is 1.26. The maximum absolute atomic E-state index is 13.5. The van der Waals surface area contributed by atoms with Crippen molar-refractivity contribution in [3.05, 3.63) is 76.3 Å². The molecule has 1 aliphatic heterocycles. The Hall–Kier alpha value is -3.58. The Morgan fingerprint density at radius 2 is 1.57 bits per heavy atom. The normalized spacial score (nSPS) is 14.7. The van der Waals surface area contributed by atoms with Crippen molar-refractivity contribution < 1.29 is 23.7 Å². The highest BCUT2D eigenvalue weighted by Crippen LogP contribution is 2.40. The molecule has 3 aromatic rings. The van der Waals surface area contributed by atoms with Gasteiger partial charge in [-0.1, -0.05) is 29.8 Å². The molecule has 0 spiro atoms. The van der Waals surface area contributed by atoms with Crippen LogP contribution in [0.15, 0.2) is 54.6 Å². The van der Waals surface area contributed by atoms with E-state index in [0.29, 0.717) is 53.1 Å². The van der Waals surface area contributed by atoms with E-state index in [1.54, 1.807) is 40.6 Å². The molecular formula is C27H29ClN2O5. The zero-order chi connectivity index (χ0) is 24.9. The Balaban J connectivity index is 1.73. The molecule has 3 aromatic carbocycles. The number of benzene rings is 3. The van der Waals surface area contributed by atoms with Gasteiger partial charge in [0, 0.05) is 6.54 Å². The van der Waals surface area contributed by atoms with Gasteiger partial charge >= 0.3 is 6.03 Å². The molecule has 0 aliphatic carbocycles. The number of ether oxygens (including phenoxy) is 4. The van der Waals surface area contributed by atoms with E-state index in [9.17, 15) is 4.79 Å². The number of carbonyl (C=O) groups excluding carboxylic acids is 1. The predicted octanol–water partition coefficient (Wildman–Crippen LogP) is 5.75. The standard InChI is InChI=1S/C27H29ClN2O5/c1-32-23-10-9-17(14-24(23)33-2)13-22-19-16-26(35-4)25(34-3)15-18(19)11-12-30(22)27(31)29-21-8-6-5-7-20(21)28/h5-10,14-16,22H,11-13H2,1-4H3,(H,29,31)/t22-/m1/s1. The zero-order valence-corrected chi connectivity index (χ0v) is 21.0. The molecular weight excluding hydrogens is 468 g/mol. The number of urea groups is 1. The smallest absolute Gasteiger partial charge is 0.322 e. The second kappa shape index (κ2) is 10.8. The Morgan fingerprint density at radius 3 is 2.26 bits per heavy atom. The van der Waals surface area contributed by atoms with Crippen LogP contribution in [0.2, 0.25) is 5.02 Å². The molecule has 4 rings (SSSR count). The van der Waals surface area contributed by atoms with Crippen molar-refractivity contribution >= 4 is 23.3 Å². The van der Waals surface area contributed by atoms with Gasteiger partial charge in [-0.3, -0.25) is 0 Å². The highest BCUT2D eigenvalue weighted by Gasteiger charge is 2.33. The van der Waals surface area contributed by atoms with Crippen LogP contribution in [0.4, 0.5) is 10.5 Å². The number of carbonyl (C=O) groups is 1. The molecule has 0 fully saturated rings. The molecule has 1 atom stereocenters.